The first-order valence-corrected chi connectivity index (χ1v) is 8.57. The van der Waals surface area contributed by atoms with Crippen molar-refractivity contribution < 1.29 is 13.2 Å². The van der Waals surface area contributed by atoms with Gasteiger partial charge in [0, 0.05) is 16.7 Å². The van der Waals surface area contributed by atoms with E-state index in [1.165, 1.54) is 29.7 Å². The zero-order chi connectivity index (χ0) is 17.2. The summed E-state index contributed by atoms with van der Waals surface area (Å²) in [5.74, 6) is 0. The fraction of sp³-hybridized carbons (Fsp3) is 0.333. The van der Waals surface area contributed by atoms with E-state index >= 15 is 0 Å². The summed E-state index contributed by atoms with van der Waals surface area (Å²) in [4.78, 5) is 5.38. The number of fused-ring (bicyclic) bond motifs is 1. The van der Waals surface area contributed by atoms with Crippen molar-refractivity contribution >= 4 is 22.6 Å². The van der Waals surface area contributed by atoms with E-state index in [1.807, 2.05) is 0 Å². The lowest BCUT2D eigenvalue weighted by Gasteiger charge is -2.09. The Morgan fingerprint density at radius 3 is 2.62 bits per heavy atom. The van der Waals surface area contributed by atoms with Gasteiger partial charge in [0.25, 0.3) is 0 Å². The topological polar surface area (TPSA) is 36.1 Å². The first-order chi connectivity index (χ1) is 11.5. The highest BCUT2D eigenvalue weighted by Gasteiger charge is 2.32. The van der Waals surface area contributed by atoms with Crippen molar-refractivity contribution in [3.05, 3.63) is 51.4 Å². The zero-order valence-electron chi connectivity index (χ0n) is 12.9. The second kappa shape index (κ2) is 6.78. The van der Waals surface area contributed by atoms with Crippen LogP contribution in [0, 0.1) is 11.3 Å². The molecule has 0 amide bonds. The molecule has 0 bridgehead atoms. The van der Waals surface area contributed by atoms with Gasteiger partial charge in [-0.1, -0.05) is 24.6 Å². The molecule has 1 heterocycles. The molecule has 0 aliphatic heterocycles. The molecular weight excluding hydrogens is 333 g/mol. The van der Waals surface area contributed by atoms with Crippen LogP contribution in [0.4, 0.5) is 18.2 Å². The van der Waals surface area contributed by atoms with Gasteiger partial charge in [-0.25, -0.2) is 4.99 Å². The second-order valence-corrected chi connectivity index (χ2v) is 6.78. The van der Waals surface area contributed by atoms with Gasteiger partial charge in [0.2, 0.25) is 0 Å². The van der Waals surface area contributed by atoms with E-state index in [1.54, 1.807) is 6.07 Å². The minimum atomic E-state index is -4.42. The summed E-state index contributed by atoms with van der Waals surface area (Å²) in [5, 5.41) is 9.95. The molecule has 1 aromatic heterocycles. The monoisotopic (exact) mass is 348 g/mol. The van der Waals surface area contributed by atoms with Crippen LogP contribution in [0.1, 0.15) is 46.4 Å². The van der Waals surface area contributed by atoms with Crippen molar-refractivity contribution in [2.45, 2.75) is 38.3 Å². The summed E-state index contributed by atoms with van der Waals surface area (Å²) in [6.45, 7) is 0. The molecule has 1 aromatic carbocycles. The average molecular weight is 348 g/mol. The van der Waals surface area contributed by atoms with E-state index in [0.717, 1.165) is 48.6 Å². The van der Waals surface area contributed by atoms with Crippen molar-refractivity contribution in [1.29, 1.82) is 5.26 Å². The van der Waals surface area contributed by atoms with Gasteiger partial charge in [-0.15, -0.1) is 11.3 Å². The first-order valence-electron chi connectivity index (χ1n) is 7.75. The van der Waals surface area contributed by atoms with Crippen LogP contribution in [-0.2, 0) is 19.0 Å². The van der Waals surface area contributed by atoms with Crippen molar-refractivity contribution in [2.75, 3.05) is 0 Å². The maximum Gasteiger partial charge on any atom is 0.417 e. The van der Waals surface area contributed by atoms with Crippen LogP contribution >= 0.6 is 11.3 Å². The number of aryl methyl sites for hydroxylation is 1. The molecule has 2 aromatic rings. The predicted octanol–water partition coefficient (Wildman–Crippen LogP) is 5.66. The highest BCUT2D eigenvalue weighted by Crippen LogP contribution is 2.39. The quantitative estimate of drug-likeness (QED) is 0.510. The Balaban J connectivity index is 1.98. The van der Waals surface area contributed by atoms with Gasteiger partial charge in [0.1, 0.15) is 11.1 Å². The molecule has 124 valence electrons. The number of rotatable bonds is 2. The predicted molar refractivity (Wildman–Crippen MR) is 89.0 cm³/mol. The first kappa shape index (κ1) is 16.7. The molecule has 1 aliphatic rings. The molecule has 6 heteroatoms. The highest BCUT2D eigenvalue weighted by atomic mass is 32.1. The van der Waals surface area contributed by atoms with Crippen LogP contribution in [0.2, 0.25) is 0 Å². The fourth-order valence-corrected chi connectivity index (χ4v) is 4.11. The number of hydrogen-bond donors (Lipinski definition) is 0. The molecule has 24 heavy (non-hydrogen) atoms. The number of aliphatic imine (C=N–C) groups is 1. The van der Waals surface area contributed by atoms with Crippen molar-refractivity contribution in [3.8, 4) is 6.07 Å². The van der Waals surface area contributed by atoms with Crippen molar-refractivity contribution in [2.24, 2.45) is 4.99 Å². The molecule has 0 spiro atoms. The van der Waals surface area contributed by atoms with Gasteiger partial charge in [-0.05, 0) is 37.3 Å². The lowest BCUT2D eigenvalue weighted by molar-refractivity contribution is -0.137. The third kappa shape index (κ3) is 3.36. The maximum atomic E-state index is 13.0. The van der Waals surface area contributed by atoms with Gasteiger partial charge in [-0.2, -0.15) is 18.4 Å². The standard InChI is InChI=1S/C18H15F3N2S/c19-18(20,21)15-8-5-4-6-12(15)11-23-17-14(10-22)13-7-2-1-3-9-16(13)24-17/h4-6,8,11H,1-3,7,9H2. The van der Waals surface area contributed by atoms with Crippen LogP contribution < -0.4 is 0 Å². The van der Waals surface area contributed by atoms with E-state index in [4.69, 9.17) is 0 Å². The Bertz CT molecular complexity index is 813. The lowest BCUT2D eigenvalue weighted by atomic mass is 10.1. The Morgan fingerprint density at radius 2 is 1.88 bits per heavy atom. The lowest BCUT2D eigenvalue weighted by Crippen LogP contribution is -2.08. The van der Waals surface area contributed by atoms with E-state index in [0.29, 0.717) is 10.6 Å². The molecule has 0 unspecified atom stereocenters. The van der Waals surface area contributed by atoms with Crippen LogP contribution in [0.25, 0.3) is 0 Å². The molecule has 0 atom stereocenters. The number of alkyl halides is 3. The zero-order valence-corrected chi connectivity index (χ0v) is 13.7. The molecule has 0 saturated carbocycles. The molecule has 0 fully saturated rings. The number of halogens is 3. The van der Waals surface area contributed by atoms with Gasteiger partial charge >= 0.3 is 6.18 Å². The summed E-state index contributed by atoms with van der Waals surface area (Å²) in [5.41, 5.74) is 0.858. The highest BCUT2D eigenvalue weighted by molar-refractivity contribution is 7.16. The number of hydrogen-bond acceptors (Lipinski definition) is 3. The Hall–Kier alpha value is -2.13. The van der Waals surface area contributed by atoms with E-state index < -0.39 is 11.7 Å². The third-order valence-electron chi connectivity index (χ3n) is 4.10. The Labute approximate surface area is 142 Å². The smallest absolute Gasteiger partial charge is 0.244 e. The molecule has 0 saturated heterocycles. The van der Waals surface area contributed by atoms with Crippen LogP contribution in [0.3, 0.4) is 0 Å². The Kier molecular flexibility index (Phi) is 4.72. The molecule has 0 N–H and O–H groups in total. The number of nitriles is 1. The summed E-state index contributed by atoms with van der Waals surface area (Å²) in [6.07, 6.45) is 1.83. The number of nitrogens with zero attached hydrogens (tertiary/aromatic N) is 2. The Morgan fingerprint density at radius 1 is 1.12 bits per heavy atom. The normalized spacial score (nSPS) is 15.1. The average Bonchev–Trinajstić information content (AvgIpc) is 2.72. The fourth-order valence-electron chi connectivity index (χ4n) is 2.93. The van der Waals surface area contributed by atoms with Gasteiger partial charge in [-0.3, -0.25) is 0 Å². The minimum absolute atomic E-state index is 0.0116. The maximum absolute atomic E-state index is 13.0. The van der Waals surface area contributed by atoms with Crippen LogP contribution in [0.15, 0.2) is 29.3 Å². The molecule has 2 nitrogen and oxygen atoms in total. The summed E-state index contributed by atoms with van der Waals surface area (Å²) >= 11 is 1.43. The second-order valence-electron chi connectivity index (χ2n) is 5.70. The van der Waals surface area contributed by atoms with Gasteiger partial charge < -0.3 is 0 Å². The van der Waals surface area contributed by atoms with E-state index in [9.17, 15) is 18.4 Å². The molecule has 3 rings (SSSR count). The van der Waals surface area contributed by atoms with E-state index in [-0.39, 0.29) is 5.56 Å². The SMILES string of the molecule is N#Cc1c(N=Cc2ccccc2C(F)(F)F)sc2c1CCCCC2. The van der Waals surface area contributed by atoms with E-state index in [2.05, 4.69) is 11.1 Å². The summed E-state index contributed by atoms with van der Waals surface area (Å²) in [6, 6.07) is 7.51. The summed E-state index contributed by atoms with van der Waals surface area (Å²) in [7, 11) is 0. The largest absolute Gasteiger partial charge is 0.417 e. The summed E-state index contributed by atoms with van der Waals surface area (Å²) < 4.78 is 39.1. The van der Waals surface area contributed by atoms with Gasteiger partial charge in [0.05, 0.1) is 11.1 Å². The minimum Gasteiger partial charge on any atom is -0.244 e. The van der Waals surface area contributed by atoms with Gasteiger partial charge in [0.15, 0.2) is 0 Å². The van der Waals surface area contributed by atoms with Crippen molar-refractivity contribution in [3.63, 3.8) is 0 Å². The van der Waals surface area contributed by atoms with Crippen LogP contribution in [-0.4, -0.2) is 6.21 Å². The molecular formula is C18H15F3N2S. The third-order valence-corrected chi connectivity index (χ3v) is 5.30. The molecule has 0 radical (unpaired) electrons. The number of thiophene rings is 1. The number of benzene rings is 1. The molecule has 1 aliphatic carbocycles. The van der Waals surface area contributed by atoms with Crippen LogP contribution in [0.5, 0.6) is 0 Å². The van der Waals surface area contributed by atoms with Crippen molar-refractivity contribution in [1.82, 2.24) is 0 Å².